The quantitative estimate of drug-likeness (QED) is 0.837. The number of hydrogen-bond donors (Lipinski definition) is 1. The molecule has 4 rings (SSSR count). The number of pyridine rings is 1. The lowest BCUT2D eigenvalue weighted by atomic mass is 10.0. The molecular formula is C20H25Cl2N3O2. The van der Waals surface area contributed by atoms with Crippen LogP contribution in [0.1, 0.15) is 46.4 Å². The van der Waals surface area contributed by atoms with Crippen molar-refractivity contribution in [2.75, 3.05) is 26.7 Å². The maximum absolute atomic E-state index is 13.1. The highest BCUT2D eigenvalue weighted by molar-refractivity contribution is 5.92. The van der Waals surface area contributed by atoms with Gasteiger partial charge in [0, 0.05) is 31.4 Å². The fourth-order valence-corrected chi connectivity index (χ4v) is 3.50. The van der Waals surface area contributed by atoms with Crippen molar-refractivity contribution >= 4 is 30.7 Å². The van der Waals surface area contributed by atoms with Gasteiger partial charge in [-0.05, 0) is 36.5 Å². The van der Waals surface area contributed by atoms with E-state index in [1.807, 2.05) is 41.4 Å². The second kappa shape index (κ2) is 9.40. The number of para-hydroxylation sites is 1. The molecule has 1 N–H and O–H groups in total. The smallest absolute Gasteiger partial charge is 0.273 e. The molecule has 5 nitrogen and oxygen atoms in total. The zero-order valence-corrected chi connectivity index (χ0v) is 16.9. The number of nitrogens with one attached hydrogen (secondary N) is 1. The van der Waals surface area contributed by atoms with Gasteiger partial charge in [0.05, 0.1) is 13.2 Å². The summed E-state index contributed by atoms with van der Waals surface area (Å²) in [5, 5.41) is 3.38. The fraction of sp³-hybridized carbons (Fsp3) is 0.400. The van der Waals surface area contributed by atoms with Gasteiger partial charge in [0.2, 0.25) is 0 Å². The number of benzene rings is 1. The molecule has 7 heteroatoms. The molecule has 1 unspecified atom stereocenters. The largest absolute Gasteiger partial charge is 0.496 e. The summed E-state index contributed by atoms with van der Waals surface area (Å²) in [6.07, 6.45) is 4.34. The van der Waals surface area contributed by atoms with Crippen LogP contribution in [0.15, 0.2) is 42.6 Å². The monoisotopic (exact) mass is 409 g/mol. The first-order valence-electron chi connectivity index (χ1n) is 8.88. The van der Waals surface area contributed by atoms with Crippen LogP contribution >= 0.6 is 24.8 Å². The van der Waals surface area contributed by atoms with Crippen molar-refractivity contribution in [2.45, 2.75) is 24.8 Å². The average molecular weight is 410 g/mol. The van der Waals surface area contributed by atoms with Crippen LogP contribution in [-0.2, 0) is 0 Å². The number of piperazine rings is 1. The van der Waals surface area contributed by atoms with E-state index in [1.54, 1.807) is 7.11 Å². The van der Waals surface area contributed by atoms with Gasteiger partial charge in [0.1, 0.15) is 11.4 Å². The van der Waals surface area contributed by atoms with E-state index in [0.717, 1.165) is 17.9 Å². The summed E-state index contributed by atoms with van der Waals surface area (Å²) in [6, 6.07) is 11.8. The van der Waals surface area contributed by atoms with E-state index in [1.165, 1.54) is 18.4 Å². The van der Waals surface area contributed by atoms with Gasteiger partial charge in [0.25, 0.3) is 5.91 Å². The third kappa shape index (κ3) is 4.54. The molecule has 0 bridgehead atoms. The normalized spacial score (nSPS) is 18.9. The van der Waals surface area contributed by atoms with Crippen molar-refractivity contribution in [2.24, 2.45) is 0 Å². The van der Waals surface area contributed by atoms with E-state index in [9.17, 15) is 4.79 Å². The first-order valence-corrected chi connectivity index (χ1v) is 8.88. The third-order valence-electron chi connectivity index (χ3n) is 5.06. The molecule has 1 aromatic heterocycles. The molecule has 2 aromatic rings. The maximum atomic E-state index is 13.1. The number of methoxy groups -OCH3 is 1. The number of amides is 1. The number of halogens is 2. The van der Waals surface area contributed by atoms with Gasteiger partial charge in [-0.3, -0.25) is 9.78 Å². The Morgan fingerprint density at radius 3 is 2.63 bits per heavy atom. The van der Waals surface area contributed by atoms with Gasteiger partial charge in [-0.1, -0.05) is 24.3 Å². The SMILES string of the molecule is COc1ccccc1C1CNCCN1C(=O)c1ccc(C2CC2)cn1.Cl.Cl. The van der Waals surface area contributed by atoms with Crippen LogP contribution < -0.4 is 10.1 Å². The summed E-state index contributed by atoms with van der Waals surface area (Å²) < 4.78 is 5.50. The maximum Gasteiger partial charge on any atom is 0.273 e. The zero-order chi connectivity index (χ0) is 17.2. The Labute approximate surface area is 172 Å². The van der Waals surface area contributed by atoms with Gasteiger partial charge in [-0.2, -0.15) is 0 Å². The van der Waals surface area contributed by atoms with Crippen LogP contribution in [0.4, 0.5) is 0 Å². The zero-order valence-electron chi connectivity index (χ0n) is 15.3. The van der Waals surface area contributed by atoms with E-state index < -0.39 is 0 Å². The van der Waals surface area contributed by atoms with Crippen molar-refractivity contribution in [3.8, 4) is 5.75 Å². The average Bonchev–Trinajstić information content (AvgIpc) is 3.53. The molecule has 27 heavy (non-hydrogen) atoms. The molecule has 1 saturated carbocycles. The predicted molar refractivity (Wildman–Crippen MR) is 110 cm³/mol. The van der Waals surface area contributed by atoms with Crippen LogP contribution in [0.2, 0.25) is 0 Å². The van der Waals surface area contributed by atoms with Gasteiger partial charge in [-0.25, -0.2) is 0 Å². The molecule has 2 fully saturated rings. The molecule has 0 spiro atoms. The van der Waals surface area contributed by atoms with Crippen molar-refractivity contribution in [1.82, 2.24) is 15.2 Å². The highest BCUT2D eigenvalue weighted by atomic mass is 35.5. The van der Waals surface area contributed by atoms with E-state index >= 15 is 0 Å². The topological polar surface area (TPSA) is 54.5 Å². The third-order valence-corrected chi connectivity index (χ3v) is 5.06. The van der Waals surface area contributed by atoms with Crippen LogP contribution in [-0.4, -0.2) is 42.5 Å². The first-order chi connectivity index (χ1) is 12.3. The predicted octanol–water partition coefficient (Wildman–Crippen LogP) is 3.60. The van der Waals surface area contributed by atoms with Crippen LogP contribution in [0.25, 0.3) is 0 Å². The van der Waals surface area contributed by atoms with E-state index in [4.69, 9.17) is 4.74 Å². The summed E-state index contributed by atoms with van der Waals surface area (Å²) in [7, 11) is 1.67. The van der Waals surface area contributed by atoms with E-state index in [0.29, 0.717) is 24.7 Å². The molecule has 1 atom stereocenters. The van der Waals surface area contributed by atoms with Crippen molar-refractivity contribution in [1.29, 1.82) is 0 Å². The van der Waals surface area contributed by atoms with E-state index in [2.05, 4.69) is 16.4 Å². The molecule has 0 radical (unpaired) electrons. The number of ether oxygens (including phenoxy) is 1. The standard InChI is InChI=1S/C20H23N3O2.2ClH/c1-25-19-5-3-2-4-16(19)18-13-21-10-11-23(18)20(24)17-9-8-15(12-22-17)14-6-7-14;;/h2-5,8-9,12,14,18,21H,6-7,10-11,13H2,1H3;2*1H. The van der Waals surface area contributed by atoms with Crippen molar-refractivity contribution in [3.63, 3.8) is 0 Å². The minimum absolute atomic E-state index is 0. The van der Waals surface area contributed by atoms with Gasteiger partial charge in [0.15, 0.2) is 0 Å². The number of carbonyl (C=O) groups is 1. The van der Waals surface area contributed by atoms with Crippen molar-refractivity contribution in [3.05, 3.63) is 59.4 Å². The molecule has 1 aromatic carbocycles. The molecule has 146 valence electrons. The van der Waals surface area contributed by atoms with Crippen LogP contribution in [0.5, 0.6) is 5.75 Å². The van der Waals surface area contributed by atoms with Crippen LogP contribution in [0, 0.1) is 0 Å². The first kappa shape index (κ1) is 21.5. The van der Waals surface area contributed by atoms with Gasteiger partial charge < -0.3 is 15.0 Å². The lowest BCUT2D eigenvalue weighted by Crippen LogP contribution is -2.49. The van der Waals surface area contributed by atoms with Gasteiger partial charge >= 0.3 is 0 Å². The summed E-state index contributed by atoms with van der Waals surface area (Å²) in [6.45, 7) is 2.16. The minimum Gasteiger partial charge on any atom is -0.496 e. The number of nitrogens with zero attached hydrogens (tertiary/aromatic N) is 2. The van der Waals surface area contributed by atoms with Gasteiger partial charge in [-0.15, -0.1) is 24.8 Å². The van der Waals surface area contributed by atoms with Crippen molar-refractivity contribution < 1.29 is 9.53 Å². The Morgan fingerprint density at radius 1 is 1.19 bits per heavy atom. The Morgan fingerprint density at radius 2 is 1.96 bits per heavy atom. The number of hydrogen-bond acceptors (Lipinski definition) is 4. The summed E-state index contributed by atoms with van der Waals surface area (Å²) in [4.78, 5) is 19.4. The molecule has 1 amide bonds. The second-order valence-electron chi connectivity index (χ2n) is 6.71. The highest BCUT2D eigenvalue weighted by Crippen LogP contribution is 2.39. The minimum atomic E-state index is -0.0534. The number of carbonyl (C=O) groups excluding carboxylic acids is 1. The summed E-state index contributed by atoms with van der Waals surface area (Å²) in [5.74, 6) is 1.45. The Hall–Kier alpha value is -1.82. The molecule has 2 aliphatic rings. The molecule has 1 aliphatic carbocycles. The molecule has 1 saturated heterocycles. The Balaban J connectivity index is 0.00000131. The molecule has 1 aliphatic heterocycles. The number of rotatable bonds is 4. The Bertz CT molecular complexity index is 766. The summed E-state index contributed by atoms with van der Waals surface area (Å²) in [5.41, 5.74) is 2.80. The molecule has 2 heterocycles. The lowest BCUT2D eigenvalue weighted by molar-refractivity contribution is 0.0625. The Kier molecular flexibility index (Phi) is 7.48. The second-order valence-corrected chi connectivity index (χ2v) is 6.71. The highest BCUT2D eigenvalue weighted by Gasteiger charge is 2.31. The number of aromatic nitrogens is 1. The molecular weight excluding hydrogens is 385 g/mol. The summed E-state index contributed by atoms with van der Waals surface area (Å²) >= 11 is 0. The lowest BCUT2D eigenvalue weighted by Gasteiger charge is -2.36. The fourth-order valence-electron chi connectivity index (χ4n) is 3.50. The van der Waals surface area contributed by atoms with E-state index in [-0.39, 0.29) is 36.8 Å². The van der Waals surface area contributed by atoms with Crippen LogP contribution in [0.3, 0.4) is 0 Å².